The SMILES string of the molecule is Cc1cccc(CN2CC3CC(C2)N3Cc2ccccc2F)n1. The normalized spacial score (nSPS) is 24.4. The van der Waals surface area contributed by atoms with Gasteiger partial charge in [-0.2, -0.15) is 0 Å². The zero-order valence-corrected chi connectivity index (χ0v) is 13.5. The van der Waals surface area contributed by atoms with E-state index in [9.17, 15) is 4.39 Å². The van der Waals surface area contributed by atoms with Crippen LogP contribution in [-0.4, -0.2) is 40.0 Å². The number of aromatic nitrogens is 1. The van der Waals surface area contributed by atoms with Crippen LogP contribution >= 0.6 is 0 Å². The molecule has 4 heteroatoms. The molecule has 2 bridgehead atoms. The Labute approximate surface area is 136 Å². The van der Waals surface area contributed by atoms with Crippen LogP contribution in [0.3, 0.4) is 0 Å². The average Bonchev–Trinajstić information content (AvgIpc) is 2.54. The topological polar surface area (TPSA) is 19.4 Å². The van der Waals surface area contributed by atoms with Crippen molar-refractivity contribution in [3.8, 4) is 0 Å². The molecule has 0 aliphatic carbocycles. The van der Waals surface area contributed by atoms with Gasteiger partial charge in [0.1, 0.15) is 5.82 Å². The number of hydrogen-bond donors (Lipinski definition) is 0. The molecule has 4 heterocycles. The van der Waals surface area contributed by atoms with Gasteiger partial charge in [0.25, 0.3) is 0 Å². The molecule has 0 saturated carbocycles. The van der Waals surface area contributed by atoms with E-state index >= 15 is 0 Å². The first-order valence-electron chi connectivity index (χ1n) is 8.33. The Hall–Kier alpha value is -1.78. The van der Waals surface area contributed by atoms with Crippen molar-refractivity contribution in [1.29, 1.82) is 0 Å². The van der Waals surface area contributed by atoms with E-state index in [0.717, 1.165) is 43.1 Å². The van der Waals surface area contributed by atoms with Crippen molar-refractivity contribution >= 4 is 0 Å². The molecule has 0 radical (unpaired) electrons. The fourth-order valence-electron chi connectivity index (χ4n) is 3.90. The molecule has 1 aromatic heterocycles. The third-order valence-corrected chi connectivity index (χ3v) is 5.06. The summed E-state index contributed by atoms with van der Waals surface area (Å²) >= 11 is 0. The van der Waals surface area contributed by atoms with Gasteiger partial charge in [-0.3, -0.25) is 14.8 Å². The van der Waals surface area contributed by atoms with Crippen LogP contribution in [0, 0.1) is 12.7 Å². The molecule has 5 rings (SSSR count). The van der Waals surface area contributed by atoms with Crippen LogP contribution in [0.5, 0.6) is 0 Å². The first-order chi connectivity index (χ1) is 11.2. The molecular weight excluding hydrogens is 289 g/mol. The second kappa shape index (κ2) is 6.02. The summed E-state index contributed by atoms with van der Waals surface area (Å²) in [4.78, 5) is 9.54. The number of aryl methyl sites for hydroxylation is 1. The van der Waals surface area contributed by atoms with Crippen LogP contribution in [0.1, 0.15) is 23.4 Å². The summed E-state index contributed by atoms with van der Waals surface area (Å²) in [5, 5.41) is 0. The quantitative estimate of drug-likeness (QED) is 0.865. The fraction of sp³-hybridized carbons (Fsp3) is 0.421. The van der Waals surface area contributed by atoms with Crippen LogP contribution in [0.15, 0.2) is 42.5 Å². The molecule has 3 aliphatic heterocycles. The second-order valence-corrected chi connectivity index (χ2v) is 6.77. The summed E-state index contributed by atoms with van der Waals surface area (Å²) in [5.41, 5.74) is 3.04. The lowest BCUT2D eigenvalue weighted by molar-refractivity contribution is -0.0781. The second-order valence-electron chi connectivity index (χ2n) is 6.77. The van der Waals surface area contributed by atoms with Crippen LogP contribution in [0.4, 0.5) is 4.39 Å². The lowest BCUT2D eigenvalue weighted by Gasteiger charge is -2.56. The number of fused-ring (bicyclic) bond motifs is 2. The lowest BCUT2D eigenvalue weighted by Crippen LogP contribution is -2.67. The Bertz CT molecular complexity index is 691. The standard InChI is InChI=1S/C19H22FN3/c1-14-5-4-7-16(21-14)11-22-12-17-9-18(13-22)23(17)10-15-6-2-3-8-19(15)20/h2-8,17-18H,9-13H2,1H3. The summed E-state index contributed by atoms with van der Waals surface area (Å²) in [7, 11) is 0. The maximum absolute atomic E-state index is 13.8. The van der Waals surface area contributed by atoms with Gasteiger partial charge < -0.3 is 0 Å². The van der Waals surface area contributed by atoms with Crippen molar-refractivity contribution in [3.05, 3.63) is 65.2 Å². The molecule has 0 spiro atoms. The Morgan fingerprint density at radius 3 is 2.57 bits per heavy atom. The molecule has 3 aliphatic rings. The minimum Gasteiger partial charge on any atom is -0.294 e. The van der Waals surface area contributed by atoms with E-state index in [4.69, 9.17) is 0 Å². The summed E-state index contributed by atoms with van der Waals surface area (Å²) in [6, 6.07) is 14.5. The van der Waals surface area contributed by atoms with Crippen LogP contribution in [0.25, 0.3) is 0 Å². The van der Waals surface area contributed by atoms with E-state index in [2.05, 4.69) is 26.9 Å². The minimum atomic E-state index is -0.0849. The third kappa shape index (κ3) is 3.01. The maximum atomic E-state index is 13.8. The molecule has 23 heavy (non-hydrogen) atoms. The van der Waals surface area contributed by atoms with Crippen molar-refractivity contribution in [2.24, 2.45) is 0 Å². The van der Waals surface area contributed by atoms with Crippen LogP contribution in [-0.2, 0) is 13.1 Å². The van der Waals surface area contributed by atoms with Gasteiger partial charge in [-0.1, -0.05) is 24.3 Å². The predicted octanol–water partition coefficient (Wildman–Crippen LogP) is 2.99. The Kier molecular flexibility index (Phi) is 3.87. The largest absolute Gasteiger partial charge is 0.294 e. The zero-order chi connectivity index (χ0) is 15.8. The number of rotatable bonds is 4. The molecule has 0 amide bonds. The van der Waals surface area contributed by atoms with Gasteiger partial charge in [-0.15, -0.1) is 0 Å². The van der Waals surface area contributed by atoms with Crippen molar-refractivity contribution in [2.45, 2.75) is 38.5 Å². The predicted molar refractivity (Wildman–Crippen MR) is 88.4 cm³/mol. The highest BCUT2D eigenvalue weighted by Crippen LogP contribution is 2.34. The van der Waals surface area contributed by atoms with Crippen LogP contribution in [0.2, 0.25) is 0 Å². The number of piperazine rings is 1. The Morgan fingerprint density at radius 1 is 1.04 bits per heavy atom. The minimum absolute atomic E-state index is 0.0849. The lowest BCUT2D eigenvalue weighted by atomic mass is 9.86. The van der Waals surface area contributed by atoms with E-state index in [1.165, 1.54) is 6.42 Å². The number of halogens is 1. The summed E-state index contributed by atoms with van der Waals surface area (Å²) in [5.74, 6) is -0.0849. The molecule has 3 nitrogen and oxygen atoms in total. The molecule has 3 fully saturated rings. The van der Waals surface area contributed by atoms with E-state index in [-0.39, 0.29) is 5.82 Å². The number of pyridine rings is 1. The van der Waals surface area contributed by atoms with Crippen LogP contribution < -0.4 is 0 Å². The van der Waals surface area contributed by atoms with E-state index in [0.29, 0.717) is 12.1 Å². The number of nitrogens with zero attached hydrogens (tertiary/aromatic N) is 3. The van der Waals surface area contributed by atoms with E-state index in [1.807, 2.05) is 25.1 Å². The smallest absolute Gasteiger partial charge is 0.127 e. The van der Waals surface area contributed by atoms with Gasteiger partial charge in [0.15, 0.2) is 0 Å². The highest BCUT2D eigenvalue weighted by atomic mass is 19.1. The highest BCUT2D eigenvalue weighted by Gasteiger charge is 2.44. The maximum Gasteiger partial charge on any atom is 0.127 e. The first-order valence-corrected chi connectivity index (χ1v) is 8.33. The van der Waals surface area contributed by atoms with Gasteiger partial charge in [-0.25, -0.2) is 4.39 Å². The van der Waals surface area contributed by atoms with Crippen molar-refractivity contribution in [1.82, 2.24) is 14.8 Å². The Morgan fingerprint density at radius 2 is 1.83 bits per heavy atom. The van der Waals surface area contributed by atoms with Gasteiger partial charge in [0.05, 0.1) is 5.69 Å². The molecule has 2 unspecified atom stereocenters. The molecule has 1 aromatic carbocycles. The molecular formula is C19H22FN3. The number of piperidine rings is 1. The van der Waals surface area contributed by atoms with Crippen molar-refractivity contribution in [3.63, 3.8) is 0 Å². The van der Waals surface area contributed by atoms with E-state index < -0.39 is 0 Å². The van der Waals surface area contributed by atoms with Gasteiger partial charge >= 0.3 is 0 Å². The number of benzene rings is 1. The van der Waals surface area contributed by atoms with Crippen molar-refractivity contribution < 1.29 is 4.39 Å². The van der Waals surface area contributed by atoms with Gasteiger partial charge in [0, 0.05) is 49.5 Å². The third-order valence-electron chi connectivity index (χ3n) is 5.06. The van der Waals surface area contributed by atoms with Gasteiger partial charge in [-0.05, 0) is 31.5 Å². The molecule has 0 N–H and O–H groups in total. The summed E-state index contributed by atoms with van der Waals surface area (Å²) in [6.45, 7) is 5.80. The average molecular weight is 311 g/mol. The monoisotopic (exact) mass is 311 g/mol. The first kappa shape index (κ1) is 14.8. The highest BCUT2D eigenvalue weighted by molar-refractivity contribution is 5.19. The van der Waals surface area contributed by atoms with E-state index in [1.54, 1.807) is 12.1 Å². The molecule has 2 atom stereocenters. The summed E-state index contributed by atoms with van der Waals surface area (Å²) < 4.78 is 13.8. The number of hydrogen-bond acceptors (Lipinski definition) is 3. The molecule has 3 saturated heterocycles. The fourth-order valence-corrected chi connectivity index (χ4v) is 3.90. The van der Waals surface area contributed by atoms with Gasteiger partial charge in [0.2, 0.25) is 0 Å². The molecule has 120 valence electrons. The molecule has 2 aromatic rings. The van der Waals surface area contributed by atoms with Crippen molar-refractivity contribution in [2.75, 3.05) is 13.1 Å². The summed E-state index contributed by atoms with van der Waals surface area (Å²) in [6.07, 6.45) is 1.24. The Balaban J connectivity index is 1.38. The zero-order valence-electron chi connectivity index (χ0n) is 13.5.